The number of aryl methyl sites for hydroxylation is 2. The molecule has 0 aliphatic rings. The molecule has 0 heterocycles. The molecular weight excluding hydrogens is 436 g/mol. The Hall–Kier alpha value is -3.39. The van der Waals surface area contributed by atoms with E-state index in [1.54, 1.807) is 0 Å². The molecule has 0 aliphatic carbocycles. The lowest BCUT2D eigenvalue weighted by Gasteiger charge is -2.00. The third kappa shape index (κ3) is 22.4. The number of benzene rings is 2. The summed E-state index contributed by atoms with van der Waals surface area (Å²) < 4.78 is 0. The maximum atomic E-state index is 5.46. The molecule has 0 unspecified atom stereocenters. The van der Waals surface area contributed by atoms with Gasteiger partial charge in [-0.25, -0.2) is 0 Å². The summed E-state index contributed by atoms with van der Waals surface area (Å²) in [4.78, 5) is 4.31. The highest BCUT2D eigenvalue weighted by Crippen LogP contribution is 2.10. The van der Waals surface area contributed by atoms with Gasteiger partial charge in [-0.2, -0.15) is 0 Å². The van der Waals surface area contributed by atoms with E-state index >= 15 is 0 Å². The topological polar surface area (TPSA) is 38.4 Å². The number of aliphatic imine (C=N–C) groups is 1. The molecule has 2 N–H and O–H groups in total. The highest BCUT2D eigenvalue weighted by Gasteiger charge is 1.93. The van der Waals surface area contributed by atoms with Gasteiger partial charge in [-0.05, 0) is 94.9 Å². The van der Waals surface area contributed by atoms with E-state index in [4.69, 9.17) is 5.73 Å². The molecule has 2 heteroatoms. The quantitative estimate of drug-likeness (QED) is 0.193. The summed E-state index contributed by atoms with van der Waals surface area (Å²) in [5.74, 6) is 0. The summed E-state index contributed by atoms with van der Waals surface area (Å²) in [7, 11) is 0. The maximum Gasteiger partial charge on any atom is 0.0395 e. The van der Waals surface area contributed by atoms with Crippen molar-refractivity contribution in [2.45, 2.75) is 75.7 Å². The Morgan fingerprint density at radius 1 is 0.917 bits per heavy atom. The number of allylic oxidation sites excluding steroid dienone is 7. The first kappa shape index (κ1) is 37.2. The Labute approximate surface area is 223 Å². The minimum absolute atomic E-state index is 0.838. The van der Waals surface area contributed by atoms with Crippen LogP contribution in [-0.4, -0.2) is 5.71 Å². The minimum atomic E-state index is 0.838. The summed E-state index contributed by atoms with van der Waals surface area (Å²) in [5, 5.41) is 0. The Morgan fingerprint density at radius 3 is 1.78 bits per heavy atom. The third-order valence-corrected chi connectivity index (χ3v) is 4.68. The van der Waals surface area contributed by atoms with Crippen LogP contribution in [0.5, 0.6) is 0 Å². The molecule has 0 aromatic heterocycles. The van der Waals surface area contributed by atoms with Gasteiger partial charge >= 0.3 is 0 Å². The predicted molar refractivity (Wildman–Crippen MR) is 169 cm³/mol. The van der Waals surface area contributed by atoms with Crippen molar-refractivity contribution in [2.24, 2.45) is 4.99 Å². The number of nitrogens with two attached hydrogens (primary N) is 1. The molecule has 0 bridgehead atoms. The number of nitrogen functional groups attached to an aromatic ring is 1. The van der Waals surface area contributed by atoms with Crippen molar-refractivity contribution < 1.29 is 0 Å². The van der Waals surface area contributed by atoms with E-state index in [0.717, 1.165) is 34.5 Å². The largest absolute Gasteiger partial charge is 0.399 e. The van der Waals surface area contributed by atoms with E-state index in [1.807, 2.05) is 123 Å². The van der Waals surface area contributed by atoms with Crippen molar-refractivity contribution in [1.29, 1.82) is 0 Å². The molecule has 2 nitrogen and oxygen atoms in total. The third-order valence-electron chi connectivity index (χ3n) is 4.68. The Bertz CT molecular complexity index is 921. The summed E-state index contributed by atoms with van der Waals surface area (Å²) in [6.45, 7) is 27.7. The van der Waals surface area contributed by atoms with E-state index < -0.39 is 0 Å². The van der Waals surface area contributed by atoms with Gasteiger partial charge in [0.1, 0.15) is 0 Å². The molecule has 0 radical (unpaired) electrons. The first-order valence-corrected chi connectivity index (χ1v) is 12.8. The highest BCUT2D eigenvalue weighted by molar-refractivity contribution is 5.97. The number of hydrogen-bond donors (Lipinski definition) is 1. The zero-order valence-electron chi connectivity index (χ0n) is 24.7. The van der Waals surface area contributed by atoms with Gasteiger partial charge in [0, 0.05) is 17.6 Å². The van der Waals surface area contributed by atoms with E-state index in [9.17, 15) is 0 Å². The Balaban J connectivity index is -0.000000424. The van der Waals surface area contributed by atoms with Gasteiger partial charge in [-0.3, -0.25) is 4.99 Å². The average Bonchev–Trinajstić information content (AvgIpc) is 2.90. The van der Waals surface area contributed by atoms with Crippen LogP contribution in [0.3, 0.4) is 0 Å². The van der Waals surface area contributed by atoms with Crippen molar-refractivity contribution in [2.75, 3.05) is 5.73 Å². The fraction of sp³-hybridized carbons (Fsp3) is 0.324. The second-order valence-corrected chi connectivity index (χ2v) is 7.68. The molecule has 0 amide bonds. The van der Waals surface area contributed by atoms with Crippen molar-refractivity contribution >= 4 is 11.4 Å². The van der Waals surface area contributed by atoms with Gasteiger partial charge in [0.2, 0.25) is 0 Å². The van der Waals surface area contributed by atoms with Crippen LogP contribution >= 0.6 is 0 Å². The van der Waals surface area contributed by atoms with Gasteiger partial charge in [-0.1, -0.05) is 101 Å². The van der Waals surface area contributed by atoms with E-state index in [0.29, 0.717) is 0 Å². The minimum Gasteiger partial charge on any atom is -0.399 e. The second kappa shape index (κ2) is 26.2. The average molecular weight is 489 g/mol. The SMILES string of the molecule is C/C=C\C.C=CC(=C\C)/C(C)=C/N=C(C)C(=C)C.CC.CCc1ccccc1.Cc1cccc(N)c1. The van der Waals surface area contributed by atoms with Gasteiger partial charge in [0.15, 0.2) is 0 Å². The molecule has 2 rings (SSSR count). The van der Waals surface area contributed by atoms with Crippen molar-refractivity contribution in [3.05, 3.63) is 126 Å². The first-order valence-electron chi connectivity index (χ1n) is 12.8. The number of nitrogens with zero attached hydrogens (tertiary/aromatic N) is 1. The monoisotopic (exact) mass is 488 g/mol. The summed E-state index contributed by atoms with van der Waals surface area (Å²) in [6.07, 6.45) is 10.8. The first-order chi connectivity index (χ1) is 17.2. The van der Waals surface area contributed by atoms with Crippen LogP contribution in [0.4, 0.5) is 5.69 Å². The summed E-state index contributed by atoms with van der Waals surface area (Å²) >= 11 is 0. The van der Waals surface area contributed by atoms with Crippen LogP contribution in [0, 0.1) is 6.92 Å². The lowest BCUT2D eigenvalue weighted by molar-refractivity contribution is 1.14. The lowest BCUT2D eigenvalue weighted by Crippen LogP contribution is -1.90. The second-order valence-electron chi connectivity index (χ2n) is 7.68. The molecule has 198 valence electrons. The van der Waals surface area contributed by atoms with Crippen molar-refractivity contribution in [1.82, 2.24) is 0 Å². The number of rotatable bonds is 5. The zero-order valence-corrected chi connectivity index (χ0v) is 24.7. The van der Waals surface area contributed by atoms with Gasteiger partial charge in [0.05, 0.1) is 0 Å². The molecule has 0 fully saturated rings. The van der Waals surface area contributed by atoms with Crippen LogP contribution in [0.1, 0.15) is 73.4 Å². The maximum absolute atomic E-state index is 5.46. The lowest BCUT2D eigenvalue weighted by atomic mass is 10.1. The molecule has 36 heavy (non-hydrogen) atoms. The highest BCUT2D eigenvalue weighted by atomic mass is 14.7. The van der Waals surface area contributed by atoms with Crippen LogP contribution in [0.25, 0.3) is 0 Å². The molecule has 0 aliphatic heterocycles. The normalized spacial score (nSPS) is 10.8. The molecule has 0 atom stereocenters. The predicted octanol–water partition coefficient (Wildman–Crippen LogP) is 10.5. The van der Waals surface area contributed by atoms with Crippen LogP contribution in [-0.2, 0) is 6.42 Å². The number of anilines is 1. The summed E-state index contributed by atoms with van der Waals surface area (Å²) in [5.41, 5.74) is 13.1. The molecule has 0 saturated heterocycles. The van der Waals surface area contributed by atoms with Gasteiger partial charge in [-0.15, -0.1) is 0 Å². The van der Waals surface area contributed by atoms with E-state index in [2.05, 4.69) is 49.3 Å². The Kier molecular flexibility index (Phi) is 27.1. The van der Waals surface area contributed by atoms with Crippen LogP contribution < -0.4 is 5.73 Å². The molecule has 0 spiro atoms. The fourth-order valence-corrected chi connectivity index (χ4v) is 2.27. The van der Waals surface area contributed by atoms with Crippen LogP contribution in [0.15, 0.2) is 120 Å². The summed E-state index contributed by atoms with van der Waals surface area (Å²) in [6, 6.07) is 18.3. The molecule has 2 aromatic carbocycles. The standard InChI is InChI=1S/C13H19N.C8H10.C7H9N.C4H8.C2H6/c1-7-13(8-2)11(5)9-14-12(6)10(3)4;1-2-8-6-4-3-5-7-8;1-6-3-2-4-7(8)5-6;1-3-4-2;1-2/h7-9H,1,3H2,2,4-6H3;3-7H,2H2,1H3;2-5H,8H2,1H3;3-4H,1-2H3;1-2H3/b11-9+,13-8+,14-12?;;;4-3-;. The van der Waals surface area contributed by atoms with Crippen molar-refractivity contribution in [3.8, 4) is 0 Å². The smallest absolute Gasteiger partial charge is 0.0395 e. The van der Waals surface area contributed by atoms with Crippen LogP contribution in [0.2, 0.25) is 0 Å². The molecule has 2 aromatic rings. The van der Waals surface area contributed by atoms with Crippen molar-refractivity contribution in [3.63, 3.8) is 0 Å². The molecular formula is C34H52N2. The zero-order chi connectivity index (χ0) is 28.4. The fourth-order valence-electron chi connectivity index (χ4n) is 2.27. The molecule has 0 saturated carbocycles. The van der Waals surface area contributed by atoms with Gasteiger partial charge in [0.25, 0.3) is 0 Å². The van der Waals surface area contributed by atoms with E-state index in [1.165, 1.54) is 11.1 Å². The number of hydrogen-bond acceptors (Lipinski definition) is 2. The van der Waals surface area contributed by atoms with Gasteiger partial charge < -0.3 is 5.73 Å². The van der Waals surface area contributed by atoms with E-state index in [-0.39, 0.29) is 0 Å². The Morgan fingerprint density at radius 2 is 1.47 bits per heavy atom.